The molecule has 1 aromatic rings. The van der Waals surface area contributed by atoms with Gasteiger partial charge in [-0.05, 0) is 30.5 Å². The highest BCUT2D eigenvalue weighted by Crippen LogP contribution is 2.48. The second kappa shape index (κ2) is 2.56. The maximum Gasteiger partial charge on any atom is 0.123 e. The zero-order valence-electron chi connectivity index (χ0n) is 7.01. The van der Waals surface area contributed by atoms with Crippen molar-refractivity contribution in [3.05, 3.63) is 35.6 Å². The van der Waals surface area contributed by atoms with E-state index in [0.29, 0.717) is 0 Å². The zero-order valence-corrected chi connectivity index (χ0v) is 7.01. The fourth-order valence-electron chi connectivity index (χ4n) is 1.50. The lowest BCUT2D eigenvalue weighted by atomic mass is 10.1. The van der Waals surface area contributed by atoms with Crippen molar-refractivity contribution >= 4 is 0 Å². The van der Waals surface area contributed by atoms with E-state index in [2.05, 4.69) is 0 Å². The van der Waals surface area contributed by atoms with Crippen LogP contribution in [0.2, 0.25) is 0 Å². The molecule has 1 aliphatic rings. The van der Waals surface area contributed by atoms with E-state index in [1.54, 1.807) is 19.2 Å². The lowest BCUT2D eigenvalue weighted by Crippen LogP contribution is -2.08. The molecular formula is C10H11FO. The Morgan fingerprint density at radius 1 is 1.42 bits per heavy atom. The highest BCUT2D eigenvalue weighted by atomic mass is 19.1. The van der Waals surface area contributed by atoms with Crippen LogP contribution in [-0.2, 0) is 10.3 Å². The molecule has 0 atom stereocenters. The second-order valence-electron chi connectivity index (χ2n) is 3.21. The molecule has 0 bridgehead atoms. The first kappa shape index (κ1) is 7.74. The maximum absolute atomic E-state index is 12.8. The van der Waals surface area contributed by atoms with Crippen molar-refractivity contribution in [2.75, 3.05) is 7.11 Å². The molecule has 0 amide bonds. The Morgan fingerprint density at radius 2 is 2.17 bits per heavy atom. The van der Waals surface area contributed by atoms with Crippen LogP contribution >= 0.6 is 0 Å². The number of methoxy groups -OCH3 is 1. The maximum atomic E-state index is 12.8. The number of rotatable bonds is 2. The van der Waals surface area contributed by atoms with Gasteiger partial charge in [0.25, 0.3) is 0 Å². The van der Waals surface area contributed by atoms with E-state index in [-0.39, 0.29) is 11.4 Å². The van der Waals surface area contributed by atoms with Crippen molar-refractivity contribution in [1.29, 1.82) is 0 Å². The Bertz CT molecular complexity index is 292. The molecule has 1 fully saturated rings. The lowest BCUT2D eigenvalue weighted by Gasteiger charge is -2.12. The summed E-state index contributed by atoms with van der Waals surface area (Å²) in [6.45, 7) is 0. The van der Waals surface area contributed by atoms with Crippen LogP contribution in [0, 0.1) is 5.82 Å². The van der Waals surface area contributed by atoms with Crippen molar-refractivity contribution in [2.45, 2.75) is 18.4 Å². The highest BCUT2D eigenvalue weighted by Gasteiger charge is 2.44. The zero-order chi connectivity index (χ0) is 8.60. The molecule has 0 aliphatic heterocycles. The average molecular weight is 166 g/mol. The van der Waals surface area contributed by atoms with Gasteiger partial charge in [0, 0.05) is 7.11 Å². The van der Waals surface area contributed by atoms with Gasteiger partial charge in [0.15, 0.2) is 0 Å². The summed E-state index contributed by atoms with van der Waals surface area (Å²) in [5.41, 5.74) is 0.798. The average Bonchev–Trinajstić information content (AvgIpc) is 2.84. The van der Waals surface area contributed by atoms with Crippen LogP contribution in [0.3, 0.4) is 0 Å². The molecule has 1 aromatic carbocycles. The van der Waals surface area contributed by atoms with E-state index in [1.807, 2.05) is 6.07 Å². The molecule has 1 nitrogen and oxygen atoms in total. The van der Waals surface area contributed by atoms with E-state index in [9.17, 15) is 4.39 Å². The van der Waals surface area contributed by atoms with Crippen LogP contribution in [0.4, 0.5) is 4.39 Å². The van der Waals surface area contributed by atoms with Crippen LogP contribution in [0.25, 0.3) is 0 Å². The van der Waals surface area contributed by atoms with E-state index in [4.69, 9.17) is 4.74 Å². The minimum absolute atomic E-state index is 0.165. The van der Waals surface area contributed by atoms with Crippen LogP contribution in [0.1, 0.15) is 18.4 Å². The van der Waals surface area contributed by atoms with Gasteiger partial charge in [-0.25, -0.2) is 4.39 Å². The van der Waals surface area contributed by atoms with Crippen molar-refractivity contribution in [3.63, 3.8) is 0 Å². The quantitative estimate of drug-likeness (QED) is 0.655. The van der Waals surface area contributed by atoms with Gasteiger partial charge >= 0.3 is 0 Å². The molecule has 2 rings (SSSR count). The Hall–Kier alpha value is -0.890. The Morgan fingerprint density at radius 3 is 2.67 bits per heavy atom. The first-order chi connectivity index (χ1) is 5.77. The molecule has 0 heterocycles. The van der Waals surface area contributed by atoms with E-state index in [0.717, 1.165) is 18.4 Å². The van der Waals surface area contributed by atoms with Gasteiger partial charge in [-0.2, -0.15) is 0 Å². The summed E-state index contributed by atoms with van der Waals surface area (Å²) in [5, 5.41) is 0. The number of benzene rings is 1. The molecule has 0 saturated heterocycles. The molecule has 0 N–H and O–H groups in total. The Labute approximate surface area is 71.2 Å². The van der Waals surface area contributed by atoms with Gasteiger partial charge < -0.3 is 4.74 Å². The topological polar surface area (TPSA) is 9.23 Å². The first-order valence-electron chi connectivity index (χ1n) is 4.08. The minimum Gasteiger partial charge on any atom is -0.374 e. The third-order valence-electron chi connectivity index (χ3n) is 2.45. The third kappa shape index (κ3) is 1.12. The van der Waals surface area contributed by atoms with Gasteiger partial charge in [-0.1, -0.05) is 12.1 Å². The van der Waals surface area contributed by atoms with Crippen molar-refractivity contribution in [1.82, 2.24) is 0 Å². The Kier molecular flexibility index (Phi) is 1.65. The molecule has 1 aliphatic carbocycles. The number of hydrogen-bond donors (Lipinski definition) is 0. The molecule has 64 valence electrons. The summed E-state index contributed by atoms with van der Waals surface area (Å²) in [4.78, 5) is 0. The van der Waals surface area contributed by atoms with Crippen molar-refractivity contribution < 1.29 is 9.13 Å². The smallest absolute Gasteiger partial charge is 0.123 e. The van der Waals surface area contributed by atoms with Gasteiger partial charge in [0.2, 0.25) is 0 Å². The fourth-order valence-corrected chi connectivity index (χ4v) is 1.50. The highest BCUT2D eigenvalue weighted by molar-refractivity contribution is 5.28. The van der Waals surface area contributed by atoms with Gasteiger partial charge in [0.1, 0.15) is 5.82 Å². The minimum atomic E-state index is -0.184. The van der Waals surface area contributed by atoms with Crippen LogP contribution in [-0.4, -0.2) is 7.11 Å². The summed E-state index contributed by atoms with van der Waals surface area (Å²) >= 11 is 0. The fraction of sp³-hybridized carbons (Fsp3) is 0.400. The molecule has 0 spiro atoms. The van der Waals surface area contributed by atoms with E-state index < -0.39 is 0 Å². The molecular weight excluding hydrogens is 155 g/mol. The summed E-state index contributed by atoms with van der Waals surface area (Å²) in [5.74, 6) is -0.184. The van der Waals surface area contributed by atoms with Crippen LogP contribution in [0.15, 0.2) is 24.3 Å². The predicted molar refractivity (Wildman–Crippen MR) is 44.3 cm³/mol. The van der Waals surface area contributed by atoms with E-state index >= 15 is 0 Å². The lowest BCUT2D eigenvalue weighted by molar-refractivity contribution is 0.0786. The summed E-state index contributed by atoms with van der Waals surface area (Å²) in [6.07, 6.45) is 2.01. The molecule has 12 heavy (non-hydrogen) atoms. The molecule has 0 radical (unpaired) electrons. The molecule has 2 heteroatoms. The normalized spacial score (nSPS) is 19.2. The summed E-state index contributed by atoms with van der Waals surface area (Å²) in [7, 11) is 1.68. The van der Waals surface area contributed by atoms with Gasteiger partial charge in [-0.3, -0.25) is 0 Å². The summed E-state index contributed by atoms with van der Waals surface area (Å²) < 4.78 is 18.1. The molecule has 0 unspecified atom stereocenters. The predicted octanol–water partition coefficient (Wildman–Crippen LogP) is 2.46. The molecule has 0 aromatic heterocycles. The standard InChI is InChI=1S/C10H11FO/c1-12-10(5-6-10)8-3-2-4-9(11)7-8/h2-4,7H,5-6H2,1H3. The van der Waals surface area contributed by atoms with Crippen molar-refractivity contribution in [3.8, 4) is 0 Å². The van der Waals surface area contributed by atoms with Gasteiger partial charge in [-0.15, -0.1) is 0 Å². The number of halogens is 1. The monoisotopic (exact) mass is 166 g/mol. The first-order valence-corrected chi connectivity index (χ1v) is 4.08. The third-order valence-corrected chi connectivity index (χ3v) is 2.45. The Balaban J connectivity index is 2.34. The van der Waals surface area contributed by atoms with Crippen LogP contribution < -0.4 is 0 Å². The number of hydrogen-bond acceptors (Lipinski definition) is 1. The SMILES string of the molecule is COC1(c2cccc(F)c2)CC1. The van der Waals surface area contributed by atoms with E-state index in [1.165, 1.54) is 6.07 Å². The van der Waals surface area contributed by atoms with Gasteiger partial charge in [0.05, 0.1) is 5.60 Å². The second-order valence-corrected chi connectivity index (χ2v) is 3.21. The summed E-state index contributed by atoms with van der Waals surface area (Å²) in [6, 6.07) is 6.65. The number of ether oxygens (including phenoxy) is 1. The van der Waals surface area contributed by atoms with Crippen LogP contribution in [0.5, 0.6) is 0 Å². The van der Waals surface area contributed by atoms with Crippen molar-refractivity contribution in [2.24, 2.45) is 0 Å². The largest absolute Gasteiger partial charge is 0.374 e. The molecule has 1 saturated carbocycles.